The average molecular weight is 451 g/mol. The Labute approximate surface area is 177 Å². The summed E-state index contributed by atoms with van der Waals surface area (Å²) in [5.74, 6) is 0.901. The van der Waals surface area contributed by atoms with E-state index in [9.17, 15) is 5.26 Å². The molecule has 4 rings (SSSR count). The quantitative estimate of drug-likeness (QED) is 0.578. The van der Waals surface area contributed by atoms with Gasteiger partial charge in [0.2, 0.25) is 11.8 Å². The van der Waals surface area contributed by atoms with Gasteiger partial charge in [-0.1, -0.05) is 35.0 Å². The highest BCUT2D eigenvalue weighted by atomic mass is 79.9. The maximum Gasteiger partial charge on any atom is 0.244 e. The maximum atomic E-state index is 9.77. The summed E-state index contributed by atoms with van der Waals surface area (Å²) in [6.45, 7) is 2.74. The fraction of sp³-hybridized carbons (Fsp3) is 0.182. The molecule has 1 aliphatic rings. The highest BCUT2D eigenvalue weighted by molar-refractivity contribution is 9.10. The van der Waals surface area contributed by atoms with Crippen LogP contribution < -0.4 is 15.2 Å². The van der Waals surface area contributed by atoms with Crippen molar-refractivity contribution >= 4 is 15.9 Å². The molecule has 1 aromatic heterocycles. The van der Waals surface area contributed by atoms with Gasteiger partial charge in [0.05, 0.1) is 23.8 Å². The lowest BCUT2D eigenvalue weighted by Crippen LogP contribution is -2.20. The Morgan fingerprint density at radius 2 is 1.93 bits per heavy atom. The Kier molecular flexibility index (Phi) is 5.28. The third-order valence-corrected chi connectivity index (χ3v) is 5.29. The number of nitrogens with zero attached hydrogens (tertiary/aromatic N) is 2. The van der Waals surface area contributed by atoms with Crippen LogP contribution in [-0.2, 0) is 0 Å². The summed E-state index contributed by atoms with van der Waals surface area (Å²) in [7, 11) is 0. The number of nitrogens with two attached hydrogens (primary N) is 1. The van der Waals surface area contributed by atoms with E-state index in [1.165, 1.54) is 0 Å². The average Bonchev–Trinajstić information content (AvgIpc) is 3.15. The minimum absolute atomic E-state index is 0.0780. The van der Waals surface area contributed by atoms with E-state index in [1.807, 2.05) is 48.5 Å². The van der Waals surface area contributed by atoms with Crippen molar-refractivity contribution in [1.29, 1.82) is 5.26 Å². The van der Waals surface area contributed by atoms with Crippen LogP contribution in [0, 0.1) is 11.3 Å². The number of hydrogen-bond donors (Lipinski definition) is 2. The van der Waals surface area contributed by atoms with Crippen molar-refractivity contribution in [2.45, 2.75) is 19.3 Å². The standard InChI is InChI=1S/C22H19BrN4O2/c1-2-11-28-16-9-5-14(6-10-16)20-19-18(13-3-7-15(23)8-4-13)17(12-24)21(25)29-22(19)27-26-20/h3-10,18H,2,11,25H2,1H3,(H,26,27)/t18-/m1/s1. The van der Waals surface area contributed by atoms with Crippen LogP contribution >= 0.6 is 15.9 Å². The van der Waals surface area contributed by atoms with Gasteiger partial charge in [-0.3, -0.25) is 5.10 Å². The van der Waals surface area contributed by atoms with Gasteiger partial charge >= 0.3 is 0 Å². The molecule has 0 aliphatic carbocycles. The van der Waals surface area contributed by atoms with Crippen LogP contribution in [0.4, 0.5) is 0 Å². The number of H-pyrrole nitrogens is 1. The number of hydrogen-bond acceptors (Lipinski definition) is 5. The lowest BCUT2D eigenvalue weighted by molar-refractivity contribution is 0.317. The van der Waals surface area contributed by atoms with Crippen molar-refractivity contribution in [2.24, 2.45) is 5.73 Å². The van der Waals surface area contributed by atoms with Crippen LogP contribution in [0.5, 0.6) is 11.6 Å². The number of halogens is 1. The van der Waals surface area contributed by atoms with E-state index in [1.54, 1.807) is 0 Å². The second-order valence-electron chi connectivity index (χ2n) is 6.67. The lowest BCUT2D eigenvalue weighted by Gasteiger charge is -2.24. The molecular formula is C22H19BrN4O2. The molecule has 0 unspecified atom stereocenters. The third-order valence-electron chi connectivity index (χ3n) is 4.76. The smallest absolute Gasteiger partial charge is 0.244 e. The molecule has 0 bridgehead atoms. The van der Waals surface area contributed by atoms with E-state index in [0.29, 0.717) is 18.1 Å². The topological polar surface area (TPSA) is 97.0 Å². The summed E-state index contributed by atoms with van der Waals surface area (Å²) < 4.78 is 12.3. The summed E-state index contributed by atoms with van der Waals surface area (Å²) in [6.07, 6.45) is 0.951. The Morgan fingerprint density at radius 3 is 2.59 bits per heavy atom. The van der Waals surface area contributed by atoms with E-state index in [-0.39, 0.29) is 11.8 Å². The van der Waals surface area contributed by atoms with Crippen LogP contribution in [0.25, 0.3) is 11.3 Å². The summed E-state index contributed by atoms with van der Waals surface area (Å²) in [5, 5.41) is 17.1. The van der Waals surface area contributed by atoms with E-state index in [4.69, 9.17) is 15.2 Å². The number of aromatic nitrogens is 2. The number of allylic oxidation sites excluding steroid dienone is 1. The van der Waals surface area contributed by atoms with Crippen molar-refractivity contribution in [1.82, 2.24) is 10.2 Å². The molecule has 3 N–H and O–H groups in total. The number of aromatic amines is 1. The predicted octanol–water partition coefficient (Wildman–Crippen LogP) is 4.85. The molecule has 2 heterocycles. The van der Waals surface area contributed by atoms with Gasteiger partial charge in [0.15, 0.2) is 0 Å². The van der Waals surface area contributed by atoms with Gasteiger partial charge in [0.1, 0.15) is 17.4 Å². The molecule has 0 spiro atoms. The zero-order valence-corrected chi connectivity index (χ0v) is 17.4. The van der Waals surface area contributed by atoms with Crippen LogP contribution in [0.1, 0.15) is 30.4 Å². The van der Waals surface area contributed by atoms with E-state index in [2.05, 4.69) is 39.1 Å². The van der Waals surface area contributed by atoms with Crippen LogP contribution in [0.3, 0.4) is 0 Å². The fourth-order valence-corrected chi connectivity index (χ4v) is 3.66. The number of benzene rings is 2. The van der Waals surface area contributed by atoms with Gasteiger partial charge in [-0.25, -0.2) is 0 Å². The minimum atomic E-state index is -0.374. The monoisotopic (exact) mass is 450 g/mol. The molecule has 0 amide bonds. The summed E-state index contributed by atoms with van der Waals surface area (Å²) in [5.41, 5.74) is 9.83. The first kappa shape index (κ1) is 19.1. The maximum absolute atomic E-state index is 9.77. The number of rotatable bonds is 5. The molecule has 3 aromatic rings. The molecule has 7 heteroatoms. The Morgan fingerprint density at radius 1 is 1.21 bits per heavy atom. The molecule has 0 saturated heterocycles. The summed E-state index contributed by atoms with van der Waals surface area (Å²) >= 11 is 3.46. The molecule has 0 saturated carbocycles. The van der Waals surface area contributed by atoms with Gasteiger partial charge in [0, 0.05) is 10.0 Å². The van der Waals surface area contributed by atoms with Crippen molar-refractivity contribution in [3.05, 3.63) is 75.6 Å². The second kappa shape index (κ2) is 8.02. The van der Waals surface area contributed by atoms with E-state index >= 15 is 0 Å². The molecule has 1 aliphatic heterocycles. The molecule has 6 nitrogen and oxygen atoms in total. The van der Waals surface area contributed by atoms with Gasteiger partial charge in [-0.15, -0.1) is 5.10 Å². The normalized spacial score (nSPS) is 15.4. The molecular weight excluding hydrogens is 432 g/mol. The zero-order valence-electron chi connectivity index (χ0n) is 15.8. The van der Waals surface area contributed by atoms with Crippen LogP contribution in [0.2, 0.25) is 0 Å². The number of nitrogens with one attached hydrogen (secondary N) is 1. The molecule has 0 radical (unpaired) electrons. The molecule has 2 aromatic carbocycles. The second-order valence-corrected chi connectivity index (χ2v) is 7.58. The summed E-state index contributed by atoms with van der Waals surface area (Å²) in [6, 6.07) is 17.8. The highest BCUT2D eigenvalue weighted by Crippen LogP contribution is 2.45. The van der Waals surface area contributed by atoms with E-state index in [0.717, 1.165) is 39.0 Å². The zero-order chi connectivity index (χ0) is 20.4. The molecule has 1 atom stereocenters. The van der Waals surface area contributed by atoms with Crippen LogP contribution in [0.15, 0.2) is 64.5 Å². The van der Waals surface area contributed by atoms with Crippen molar-refractivity contribution in [3.63, 3.8) is 0 Å². The fourth-order valence-electron chi connectivity index (χ4n) is 3.39. The number of fused-ring (bicyclic) bond motifs is 1. The Bertz CT molecular complexity index is 1100. The first-order valence-electron chi connectivity index (χ1n) is 9.27. The Balaban J connectivity index is 1.80. The highest BCUT2D eigenvalue weighted by Gasteiger charge is 2.35. The third kappa shape index (κ3) is 3.59. The van der Waals surface area contributed by atoms with Crippen molar-refractivity contribution in [3.8, 4) is 29.0 Å². The first-order valence-corrected chi connectivity index (χ1v) is 10.1. The van der Waals surface area contributed by atoms with Crippen molar-refractivity contribution in [2.75, 3.05) is 6.61 Å². The largest absolute Gasteiger partial charge is 0.494 e. The Hall–Kier alpha value is -3.24. The first-order chi connectivity index (χ1) is 14.1. The molecule has 0 fully saturated rings. The lowest BCUT2D eigenvalue weighted by atomic mass is 9.83. The van der Waals surface area contributed by atoms with Gasteiger partial charge < -0.3 is 15.2 Å². The van der Waals surface area contributed by atoms with Crippen molar-refractivity contribution < 1.29 is 9.47 Å². The number of nitriles is 1. The van der Waals surface area contributed by atoms with Crippen LogP contribution in [-0.4, -0.2) is 16.8 Å². The van der Waals surface area contributed by atoms with Gasteiger partial charge in [0.25, 0.3) is 0 Å². The van der Waals surface area contributed by atoms with E-state index < -0.39 is 0 Å². The van der Waals surface area contributed by atoms with Gasteiger partial charge in [-0.05, 0) is 48.4 Å². The number of ether oxygens (including phenoxy) is 2. The van der Waals surface area contributed by atoms with Gasteiger partial charge in [-0.2, -0.15) is 5.26 Å². The molecule has 29 heavy (non-hydrogen) atoms. The SMILES string of the molecule is CCCOc1ccc(-c2[nH]nc3c2[C@H](c2ccc(Br)cc2)C(C#N)=C(N)O3)cc1. The predicted molar refractivity (Wildman–Crippen MR) is 113 cm³/mol. The minimum Gasteiger partial charge on any atom is -0.494 e. The summed E-state index contributed by atoms with van der Waals surface area (Å²) in [4.78, 5) is 0. The molecule has 146 valence electrons.